The van der Waals surface area contributed by atoms with Gasteiger partial charge in [-0.15, -0.1) is 0 Å². The number of halogens is 3. The van der Waals surface area contributed by atoms with Crippen molar-refractivity contribution < 1.29 is 37.3 Å². The second-order valence-electron chi connectivity index (χ2n) is 11.1. The van der Waals surface area contributed by atoms with Gasteiger partial charge < -0.3 is 23.7 Å². The highest BCUT2D eigenvalue weighted by Gasteiger charge is 2.29. The summed E-state index contributed by atoms with van der Waals surface area (Å²) >= 11 is 6.40. The second kappa shape index (κ2) is 26.8. The molecule has 0 aromatic heterocycles. The van der Waals surface area contributed by atoms with Gasteiger partial charge in [-0.3, -0.25) is 4.90 Å². The van der Waals surface area contributed by atoms with E-state index in [1.165, 1.54) is 29.3 Å². The minimum Gasteiger partial charge on any atom is -0.495 e. The highest BCUT2D eigenvalue weighted by Crippen LogP contribution is 2.46. The number of aryl methyl sites for hydroxylation is 2. The number of hydrogen-bond acceptors (Lipinski definition) is 7. The molecule has 0 saturated heterocycles. The van der Waals surface area contributed by atoms with Crippen molar-refractivity contribution in [2.24, 2.45) is 5.92 Å². The first-order chi connectivity index (χ1) is 23.7. The third kappa shape index (κ3) is 16.8. The lowest BCUT2D eigenvalue weighted by Crippen LogP contribution is -2.21. The highest BCUT2D eigenvalue weighted by atomic mass is 35.5. The Morgan fingerprint density at radius 2 is 1.72 bits per heavy atom. The zero-order valence-corrected chi connectivity index (χ0v) is 34.4. The number of aldehydes is 1. The lowest BCUT2D eigenvalue weighted by atomic mass is 9.99. The second-order valence-corrected chi connectivity index (χ2v) is 12.2. The molecule has 1 unspecified atom stereocenters. The number of esters is 1. The number of fused-ring (bicyclic) bond motifs is 2. The van der Waals surface area contributed by atoms with E-state index in [0.29, 0.717) is 46.0 Å². The minimum atomic E-state index is -2.85. The van der Waals surface area contributed by atoms with Crippen molar-refractivity contribution >= 4 is 33.1 Å². The number of methoxy groups -OCH3 is 2. The Kier molecular flexibility index (Phi) is 26.3. The van der Waals surface area contributed by atoms with Crippen LogP contribution in [0.5, 0.6) is 23.0 Å². The van der Waals surface area contributed by atoms with E-state index < -0.39 is 11.6 Å². The van der Waals surface area contributed by atoms with Gasteiger partial charge in [0.2, 0.25) is 0 Å². The molecule has 1 aliphatic heterocycles. The third-order valence-electron chi connectivity index (χ3n) is 6.90. The van der Waals surface area contributed by atoms with Gasteiger partial charge in [-0.1, -0.05) is 93.6 Å². The molecule has 0 amide bonds. The average molecular weight is 744 g/mol. The number of benzene rings is 2. The van der Waals surface area contributed by atoms with E-state index in [1.807, 2.05) is 53.7 Å². The van der Waals surface area contributed by atoms with Crippen molar-refractivity contribution in [1.29, 1.82) is 0 Å². The van der Waals surface area contributed by atoms with Crippen LogP contribution in [0.3, 0.4) is 0 Å². The Bertz CT molecular complexity index is 1360. The van der Waals surface area contributed by atoms with Crippen molar-refractivity contribution in [3.8, 4) is 23.0 Å². The van der Waals surface area contributed by atoms with Crippen LogP contribution in [0.25, 0.3) is 0 Å². The molecule has 7 nitrogen and oxygen atoms in total. The van der Waals surface area contributed by atoms with E-state index in [-0.39, 0.29) is 24.3 Å². The number of cyclic esters (lactones) is 1. The van der Waals surface area contributed by atoms with Crippen molar-refractivity contribution in [3.63, 3.8) is 0 Å². The summed E-state index contributed by atoms with van der Waals surface area (Å²) in [5.74, 6) is 1.78. The van der Waals surface area contributed by atoms with Gasteiger partial charge in [-0.2, -0.15) is 8.78 Å². The lowest BCUT2D eigenvalue weighted by Gasteiger charge is -2.23. The quantitative estimate of drug-likeness (QED) is 0.0981. The largest absolute Gasteiger partial charge is 0.495 e. The van der Waals surface area contributed by atoms with Gasteiger partial charge in [0, 0.05) is 12.1 Å². The maximum absolute atomic E-state index is 12.8. The summed E-state index contributed by atoms with van der Waals surface area (Å²) in [7, 11) is 6.25. The molecule has 11 heteroatoms. The number of allylic oxidation sites excluding steroid dienone is 3. The monoisotopic (exact) mass is 743 g/mol. The fraction of sp³-hybridized carbons (Fsp3) is 0.538. The Morgan fingerprint density at radius 1 is 1.12 bits per heavy atom. The van der Waals surface area contributed by atoms with Gasteiger partial charge in [-0.25, -0.2) is 4.79 Å². The Balaban J connectivity index is 0. The summed E-state index contributed by atoms with van der Waals surface area (Å²) in [6.45, 7) is 20.4. The topological polar surface area (TPSA) is 74.3 Å². The van der Waals surface area contributed by atoms with Crippen LogP contribution >= 0.6 is 20.8 Å². The lowest BCUT2D eigenvalue weighted by molar-refractivity contribution is -0.108. The Hall–Kier alpha value is -3.00. The first-order valence-corrected chi connectivity index (χ1v) is 18.1. The normalized spacial score (nSPS) is 12.1. The van der Waals surface area contributed by atoms with E-state index in [4.69, 9.17) is 30.5 Å². The van der Waals surface area contributed by atoms with Crippen LogP contribution in [0.1, 0.15) is 102 Å². The summed E-state index contributed by atoms with van der Waals surface area (Å²) in [5, 5.41) is 0.468. The van der Waals surface area contributed by atoms with Crippen LogP contribution in [-0.4, -0.2) is 57.2 Å². The predicted octanol–water partition coefficient (Wildman–Crippen LogP) is 11.3. The Labute approximate surface area is 307 Å². The van der Waals surface area contributed by atoms with Crippen LogP contribution in [0.15, 0.2) is 42.0 Å². The maximum atomic E-state index is 12.8. The number of likely N-dealkylation sites (N-methyl/N-ethyl adjacent to an activating group) is 1. The molecule has 0 fully saturated rings. The minimum absolute atomic E-state index is 0.00440. The number of carbonyl (C=O) groups excluding carboxylic acids is 2. The van der Waals surface area contributed by atoms with Crippen LogP contribution in [0.4, 0.5) is 8.78 Å². The predicted molar refractivity (Wildman–Crippen MR) is 208 cm³/mol. The molecule has 284 valence electrons. The fourth-order valence-corrected chi connectivity index (χ4v) is 4.50. The molecule has 3 rings (SSSR count). The molecule has 50 heavy (non-hydrogen) atoms. The van der Waals surface area contributed by atoms with E-state index in [9.17, 15) is 18.4 Å². The highest BCUT2D eigenvalue weighted by molar-refractivity contribution is 7.18. The Morgan fingerprint density at radius 3 is 2.18 bits per heavy atom. The smallest absolute Gasteiger partial charge is 0.346 e. The summed E-state index contributed by atoms with van der Waals surface area (Å²) < 4.78 is 47.9. The first kappa shape index (κ1) is 49.1. The summed E-state index contributed by atoms with van der Waals surface area (Å²) in [6, 6.07) is 5.54. The van der Waals surface area contributed by atoms with E-state index in [2.05, 4.69) is 32.9 Å². The van der Waals surface area contributed by atoms with Crippen molar-refractivity contribution in [3.05, 3.63) is 69.3 Å². The van der Waals surface area contributed by atoms with Crippen LogP contribution in [-0.2, 0) is 22.6 Å². The molecule has 0 bridgehead atoms. The van der Waals surface area contributed by atoms with Gasteiger partial charge in [0.15, 0.2) is 11.5 Å². The van der Waals surface area contributed by atoms with Gasteiger partial charge in [0.05, 0.1) is 25.8 Å². The number of nitrogens with zero attached hydrogens (tertiary/aromatic N) is 1. The number of ether oxygens (including phenoxy) is 4. The standard InChI is InChI=1S/C22H25ClO5.C8H14F2NOP.C5H10.2C2H6/c1-12(2)6-7-14-8-9-16-17(19(14)25-4)22(24)27-11-15-10-13(3)18(23)21(26-5)20(15)28-16;1-7(8(9,10)13)3-4-11(2)5-6-12;1-3-5-4-2;2*1-2/h8-10,12H,6-7,11H2,1-5H3;3,6H,4-5,13H2,1-2H3;3,5H,4H2,1-2H3;2*1-2H3/b;7-3+;5-3-;;. The zero-order valence-electron chi connectivity index (χ0n) is 32.5. The van der Waals surface area contributed by atoms with E-state index in [1.54, 1.807) is 25.1 Å². The van der Waals surface area contributed by atoms with E-state index >= 15 is 0 Å². The SMILES string of the molecule is C/C(=C\CN(C)CC=O)C(F)(F)P.C/C=C\CC.CC.CC.COc1c(Cl)c(C)cc2c1Oc1ccc(CCC(C)C)c(OC)c1C(=O)OC2. The average Bonchev–Trinajstić information content (AvgIpc) is 3.08. The third-order valence-corrected chi connectivity index (χ3v) is 7.83. The molecular formula is C39H61ClF2NO6P. The molecule has 0 spiro atoms. The maximum Gasteiger partial charge on any atom is 0.346 e. The molecule has 1 heterocycles. The molecule has 0 saturated carbocycles. The molecule has 0 N–H and O–H groups in total. The fourth-order valence-electron chi connectivity index (χ4n) is 4.17. The summed E-state index contributed by atoms with van der Waals surface area (Å²) in [6.07, 6.45) is 9.28. The van der Waals surface area contributed by atoms with Crippen LogP contribution < -0.4 is 14.2 Å². The number of carbonyl (C=O) groups is 2. The van der Waals surface area contributed by atoms with Gasteiger partial charge in [0.1, 0.15) is 30.0 Å². The van der Waals surface area contributed by atoms with Gasteiger partial charge >= 0.3 is 5.97 Å². The number of alkyl halides is 2. The van der Waals surface area contributed by atoms with Crippen molar-refractivity contribution in [2.75, 3.05) is 34.4 Å². The molecule has 2 aromatic rings. The van der Waals surface area contributed by atoms with Crippen LogP contribution in [0, 0.1) is 12.8 Å². The van der Waals surface area contributed by atoms with Crippen molar-refractivity contribution in [2.45, 2.75) is 101 Å². The summed E-state index contributed by atoms with van der Waals surface area (Å²) in [5.41, 5.74) is -0.101. The molecule has 0 aliphatic carbocycles. The molecule has 0 radical (unpaired) electrons. The number of hydrogen-bond donors (Lipinski definition) is 0. The van der Waals surface area contributed by atoms with Crippen molar-refractivity contribution in [1.82, 2.24) is 4.90 Å². The molecular weight excluding hydrogens is 683 g/mol. The first-order valence-electron chi connectivity index (χ1n) is 17.1. The van der Waals surface area contributed by atoms with Gasteiger partial charge in [-0.05, 0) is 81.8 Å². The molecule has 1 atom stereocenters. The number of rotatable bonds is 11. The molecule has 1 aliphatic rings. The van der Waals surface area contributed by atoms with Gasteiger partial charge in [0.25, 0.3) is 5.66 Å². The zero-order chi connectivity index (χ0) is 39.0. The summed E-state index contributed by atoms with van der Waals surface area (Å²) in [4.78, 5) is 24.5. The molecule has 2 aromatic carbocycles. The van der Waals surface area contributed by atoms with E-state index in [0.717, 1.165) is 36.7 Å². The van der Waals surface area contributed by atoms with Crippen LogP contribution in [0.2, 0.25) is 5.02 Å².